The standard InChI is InChI=1S/C14H16N4O2/c15-9-11-1-2-12(16-10-11)18-8-5-14(18)3-6-17(7-4-14)13(19)20/h1-2,10H,3-8H2,(H,19,20). The van der Waals surface area contributed by atoms with Crippen molar-refractivity contribution in [3.63, 3.8) is 0 Å². The number of nitrogens with zero attached hydrogens (tertiary/aromatic N) is 4. The molecule has 1 amide bonds. The van der Waals surface area contributed by atoms with Crippen molar-refractivity contribution in [1.29, 1.82) is 5.26 Å². The molecule has 3 heterocycles. The summed E-state index contributed by atoms with van der Waals surface area (Å²) < 4.78 is 0. The molecule has 0 aliphatic carbocycles. The summed E-state index contributed by atoms with van der Waals surface area (Å²) in [5.41, 5.74) is 0.622. The van der Waals surface area contributed by atoms with E-state index in [4.69, 9.17) is 10.4 Å². The number of hydrogen-bond donors (Lipinski definition) is 1. The van der Waals surface area contributed by atoms with E-state index < -0.39 is 6.09 Å². The highest BCUT2D eigenvalue weighted by molar-refractivity contribution is 5.65. The average molecular weight is 272 g/mol. The van der Waals surface area contributed by atoms with Crippen LogP contribution in [0.5, 0.6) is 0 Å². The third-order valence-corrected chi connectivity index (χ3v) is 4.49. The van der Waals surface area contributed by atoms with Crippen LogP contribution in [0.15, 0.2) is 18.3 Å². The fourth-order valence-corrected chi connectivity index (χ4v) is 3.14. The molecule has 1 aromatic heterocycles. The van der Waals surface area contributed by atoms with Crippen LogP contribution in [0.3, 0.4) is 0 Å². The van der Waals surface area contributed by atoms with Gasteiger partial charge in [0.15, 0.2) is 0 Å². The molecular weight excluding hydrogens is 256 g/mol. The zero-order chi connectivity index (χ0) is 14.2. The Morgan fingerprint density at radius 1 is 1.30 bits per heavy atom. The molecule has 0 radical (unpaired) electrons. The van der Waals surface area contributed by atoms with Gasteiger partial charge in [-0.3, -0.25) is 0 Å². The van der Waals surface area contributed by atoms with Crippen molar-refractivity contribution in [3.05, 3.63) is 23.9 Å². The summed E-state index contributed by atoms with van der Waals surface area (Å²) in [6.45, 7) is 2.12. The fraction of sp³-hybridized carbons (Fsp3) is 0.500. The lowest BCUT2D eigenvalue weighted by molar-refractivity contribution is 0.0974. The topological polar surface area (TPSA) is 80.5 Å². The Kier molecular flexibility index (Phi) is 2.97. The summed E-state index contributed by atoms with van der Waals surface area (Å²) in [4.78, 5) is 19.0. The quantitative estimate of drug-likeness (QED) is 0.841. The maximum atomic E-state index is 11.0. The number of carboxylic acid groups (broad SMARTS) is 1. The lowest BCUT2D eigenvalue weighted by Gasteiger charge is -2.56. The van der Waals surface area contributed by atoms with E-state index in [9.17, 15) is 4.79 Å². The second-order valence-electron chi connectivity index (χ2n) is 5.41. The summed E-state index contributed by atoms with van der Waals surface area (Å²) in [6, 6.07) is 5.72. The van der Waals surface area contributed by atoms with Crippen LogP contribution < -0.4 is 4.90 Å². The van der Waals surface area contributed by atoms with E-state index in [2.05, 4.69) is 16.0 Å². The molecule has 2 aliphatic heterocycles. The third kappa shape index (κ3) is 1.95. The number of rotatable bonds is 1. The van der Waals surface area contributed by atoms with E-state index in [-0.39, 0.29) is 5.54 Å². The van der Waals surface area contributed by atoms with Gasteiger partial charge in [0.25, 0.3) is 0 Å². The smallest absolute Gasteiger partial charge is 0.407 e. The van der Waals surface area contributed by atoms with Crippen molar-refractivity contribution in [1.82, 2.24) is 9.88 Å². The lowest BCUT2D eigenvalue weighted by atomic mass is 9.76. The first-order valence-corrected chi connectivity index (χ1v) is 6.76. The average Bonchev–Trinajstić information content (AvgIpc) is 2.47. The summed E-state index contributed by atoms with van der Waals surface area (Å²) in [7, 11) is 0. The number of hydrogen-bond acceptors (Lipinski definition) is 4. The molecule has 0 saturated carbocycles. The molecule has 1 N–H and O–H groups in total. The SMILES string of the molecule is N#Cc1ccc(N2CCC23CCN(C(=O)O)CC3)nc1. The normalized spacial score (nSPS) is 20.4. The number of aromatic nitrogens is 1. The Hall–Kier alpha value is -2.29. The minimum Gasteiger partial charge on any atom is -0.465 e. The molecule has 2 saturated heterocycles. The molecule has 20 heavy (non-hydrogen) atoms. The molecule has 2 aliphatic rings. The molecule has 0 aromatic carbocycles. The minimum absolute atomic E-state index is 0.0626. The Balaban J connectivity index is 1.73. The van der Waals surface area contributed by atoms with Crippen LogP contribution in [0, 0.1) is 11.3 Å². The summed E-state index contributed by atoms with van der Waals surface area (Å²) in [5.74, 6) is 0.888. The predicted molar refractivity (Wildman–Crippen MR) is 72.5 cm³/mol. The lowest BCUT2D eigenvalue weighted by Crippen LogP contribution is -2.65. The van der Waals surface area contributed by atoms with Gasteiger partial charge in [0, 0.05) is 31.4 Å². The largest absolute Gasteiger partial charge is 0.465 e. The van der Waals surface area contributed by atoms with Crippen molar-refractivity contribution < 1.29 is 9.90 Å². The highest BCUT2D eigenvalue weighted by atomic mass is 16.4. The van der Waals surface area contributed by atoms with Crippen molar-refractivity contribution in [2.24, 2.45) is 0 Å². The molecule has 1 aromatic rings. The summed E-state index contributed by atoms with van der Waals surface area (Å²) in [6.07, 6.45) is 3.54. The first kappa shape index (κ1) is 12.7. The van der Waals surface area contributed by atoms with Crippen LogP contribution in [0.25, 0.3) is 0 Å². The van der Waals surface area contributed by atoms with E-state index in [0.29, 0.717) is 18.7 Å². The number of likely N-dealkylation sites (tertiary alicyclic amines) is 1. The van der Waals surface area contributed by atoms with Crippen molar-refractivity contribution in [2.45, 2.75) is 24.8 Å². The van der Waals surface area contributed by atoms with E-state index in [0.717, 1.165) is 31.6 Å². The van der Waals surface area contributed by atoms with Crippen molar-refractivity contribution >= 4 is 11.9 Å². The molecule has 6 nitrogen and oxygen atoms in total. The van der Waals surface area contributed by atoms with Crippen LogP contribution >= 0.6 is 0 Å². The van der Waals surface area contributed by atoms with Crippen LogP contribution in [-0.4, -0.2) is 46.3 Å². The highest BCUT2D eigenvalue weighted by Crippen LogP contribution is 2.42. The van der Waals surface area contributed by atoms with Gasteiger partial charge < -0.3 is 14.9 Å². The maximum Gasteiger partial charge on any atom is 0.407 e. The first-order chi connectivity index (χ1) is 9.64. The Morgan fingerprint density at radius 2 is 2.00 bits per heavy atom. The summed E-state index contributed by atoms with van der Waals surface area (Å²) in [5, 5.41) is 17.8. The highest BCUT2D eigenvalue weighted by Gasteiger charge is 2.47. The Bertz CT molecular complexity index is 556. The van der Waals surface area contributed by atoms with Gasteiger partial charge in [-0.25, -0.2) is 9.78 Å². The summed E-state index contributed by atoms with van der Waals surface area (Å²) >= 11 is 0. The monoisotopic (exact) mass is 272 g/mol. The molecule has 0 bridgehead atoms. The Morgan fingerprint density at radius 3 is 2.45 bits per heavy atom. The zero-order valence-electron chi connectivity index (χ0n) is 11.1. The van der Waals surface area contributed by atoms with E-state index in [1.54, 1.807) is 12.3 Å². The van der Waals surface area contributed by atoms with Gasteiger partial charge >= 0.3 is 6.09 Å². The molecule has 3 rings (SSSR count). The molecule has 2 fully saturated rings. The van der Waals surface area contributed by atoms with Gasteiger partial charge in [-0.05, 0) is 31.4 Å². The Labute approximate surface area is 117 Å². The second-order valence-corrected chi connectivity index (χ2v) is 5.41. The van der Waals surface area contributed by atoms with Crippen LogP contribution in [0.2, 0.25) is 0 Å². The van der Waals surface area contributed by atoms with Crippen LogP contribution in [-0.2, 0) is 0 Å². The van der Waals surface area contributed by atoms with Gasteiger partial charge in [0.2, 0.25) is 0 Å². The molecule has 1 spiro atoms. The van der Waals surface area contributed by atoms with Gasteiger partial charge in [0.05, 0.1) is 5.56 Å². The van der Waals surface area contributed by atoms with E-state index in [1.807, 2.05) is 6.07 Å². The van der Waals surface area contributed by atoms with Gasteiger partial charge in [-0.2, -0.15) is 5.26 Å². The fourth-order valence-electron chi connectivity index (χ4n) is 3.14. The van der Waals surface area contributed by atoms with Crippen molar-refractivity contribution in [2.75, 3.05) is 24.5 Å². The third-order valence-electron chi connectivity index (χ3n) is 4.49. The predicted octanol–water partition coefficient (Wildman–Crippen LogP) is 1.68. The van der Waals surface area contributed by atoms with Gasteiger partial charge in [0.1, 0.15) is 11.9 Å². The van der Waals surface area contributed by atoms with Gasteiger partial charge in [-0.1, -0.05) is 0 Å². The molecule has 0 unspecified atom stereocenters. The van der Waals surface area contributed by atoms with Gasteiger partial charge in [-0.15, -0.1) is 0 Å². The molecular formula is C14H16N4O2. The molecule has 0 atom stereocenters. The van der Waals surface area contributed by atoms with E-state index in [1.165, 1.54) is 4.90 Å². The number of anilines is 1. The minimum atomic E-state index is -0.831. The van der Waals surface area contributed by atoms with Crippen LogP contribution in [0.4, 0.5) is 10.6 Å². The number of pyridine rings is 1. The second kappa shape index (κ2) is 4.67. The van der Waals surface area contributed by atoms with Crippen LogP contribution in [0.1, 0.15) is 24.8 Å². The number of piperidine rings is 1. The number of carbonyl (C=O) groups is 1. The van der Waals surface area contributed by atoms with Crippen molar-refractivity contribution in [3.8, 4) is 6.07 Å². The first-order valence-electron chi connectivity index (χ1n) is 6.76. The zero-order valence-corrected chi connectivity index (χ0v) is 11.1. The number of amides is 1. The molecule has 6 heteroatoms. The van der Waals surface area contributed by atoms with E-state index >= 15 is 0 Å². The maximum absolute atomic E-state index is 11.0. The number of nitriles is 1. The molecule has 104 valence electrons.